The molecular formula is C21H28N4O. The minimum absolute atomic E-state index is 0.0317. The molecule has 138 valence electrons. The fourth-order valence-electron chi connectivity index (χ4n) is 2.56. The molecule has 0 bridgehead atoms. The van der Waals surface area contributed by atoms with Gasteiger partial charge in [0.25, 0.3) is 5.91 Å². The maximum absolute atomic E-state index is 12.1. The van der Waals surface area contributed by atoms with Crippen molar-refractivity contribution in [3.05, 3.63) is 70.8 Å². The lowest BCUT2D eigenvalue weighted by Crippen LogP contribution is -2.36. The Morgan fingerprint density at radius 2 is 1.77 bits per heavy atom. The van der Waals surface area contributed by atoms with Crippen LogP contribution in [0.1, 0.15) is 40.4 Å². The average molecular weight is 352 g/mol. The summed E-state index contributed by atoms with van der Waals surface area (Å²) in [7, 11) is 1.75. The molecule has 0 aliphatic carbocycles. The number of nitrogens with zero attached hydrogens (tertiary/aromatic N) is 1. The molecule has 1 amide bonds. The van der Waals surface area contributed by atoms with Crippen LogP contribution in [0.5, 0.6) is 0 Å². The van der Waals surface area contributed by atoms with Crippen molar-refractivity contribution >= 4 is 11.9 Å². The molecule has 0 spiro atoms. The number of carbonyl (C=O) groups is 1. The summed E-state index contributed by atoms with van der Waals surface area (Å²) in [6, 6.07) is 15.9. The standard InChI is InChI=1S/C21H28N4O/c1-4-12-23-20(26)18-11-7-9-17(13-18)14-24-21(22-3)25-15-19-10-6-5-8-16(19)2/h5-11,13H,4,12,14-15H2,1-3H3,(H,23,26)(H2,22,24,25). The minimum atomic E-state index is -0.0317. The van der Waals surface area contributed by atoms with Gasteiger partial charge in [0.2, 0.25) is 0 Å². The lowest BCUT2D eigenvalue weighted by Gasteiger charge is -2.13. The summed E-state index contributed by atoms with van der Waals surface area (Å²) < 4.78 is 0. The average Bonchev–Trinajstić information content (AvgIpc) is 2.67. The summed E-state index contributed by atoms with van der Waals surface area (Å²) in [5.41, 5.74) is 4.21. The molecule has 0 heterocycles. The summed E-state index contributed by atoms with van der Waals surface area (Å²) in [5, 5.41) is 9.51. The van der Waals surface area contributed by atoms with Gasteiger partial charge in [0.1, 0.15) is 0 Å². The molecule has 0 atom stereocenters. The smallest absolute Gasteiger partial charge is 0.251 e. The van der Waals surface area contributed by atoms with Crippen molar-refractivity contribution in [2.75, 3.05) is 13.6 Å². The molecule has 0 aliphatic rings. The van der Waals surface area contributed by atoms with E-state index < -0.39 is 0 Å². The molecule has 0 aliphatic heterocycles. The molecule has 0 saturated carbocycles. The largest absolute Gasteiger partial charge is 0.352 e. The highest BCUT2D eigenvalue weighted by molar-refractivity contribution is 5.94. The van der Waals surface area contributed by atoms with Gasteiger partial charge in [-0.15, -0.1) is 0 Å². The van der Waals surface area contributed by atoms with Crippen molar-refractivity contribution in [3.63, 3.8) is 0 Å². The van der Waals surface area contributed by atoms with Crippen molar-refractivity contribution in [1.29, 1.82) is 0 Å². The van der Waals surface area contributed by atoms with Crippen LogP contribution in [0.2, 0.25) is 0 Å². The van der Waals surface area contributed by atoms with Crippen molar-refractivity contribution in [1.82, 2.24) is 16.0 Å². The Labute approximate surface area is 155 Å². The monoisotopic (exact) mass is 352 g/mol. The van der Waals surface area contributed by atoms with Gasteiger partial charge in [0, 0.05) is 32.2 Å². The molecule has 0 unspecified atom stereocenters. The first-order valence-electron chi connectivity index (χ1n) is 9.00. The van der Waals surface area contributed by atoms with E-state index in [-0.39, 0.29) is 5.91 Å². The van der Waals surface area contributed by atoms with Gasteiger partial charge in [-0.05, 0) is 42.2 Å². The number of benzene rings is 2. The van der Waals surface area contributed by atoms with Gasteiger partial charge in [0.05, 0.1) is 0 Å². The SMILES string of the molecule is CCCNC(=O)c1cccc(CNC(=NC)NCc2ccccc2C)c1. The maximum atomic E-state index is 12.1. The Bertz CT molecular complexity index is 755. The lowest BCUT2D eigenvalue weighted by atomic mass is 10.1. The second-order valence-corrected chi connectivity index (χ2v) is 6.16. The summed E-state index contributed by atoms with van der Waals surface area (Å²) >= 11 is 0. The van der Waals surface area contributed by atoms with E-state index in [2.05, 4.69) is 40.0 Å². The van der Waals surface area contributed by atoms with Crippen molar-refractivity contribution in [2.45, 2.75) is 33.4 Å². The van der Waals surface area contributed by atoms with Crippen LogP contribution >= 0.6 is 0 Å². The molecule has 0 radical (unpaired) electrons. The fraction of sp³-hybridized carbons (Fsp3) is 0.333. The quantitative estimate of drug-likeness (QED) is 0.530. The van der Waals surface area contributed by atoms with E-state index in [1.165, 1.54) is 11.1 Å². The third kappa shape index (κ3) is 5.92. The zero-order chi connectivity index (χ0) is 18.8. The summed E-state index contributed by atoms with van der Waals surface area (Å²) in [6.45, 7) is 6.14. The lowest BCUT2D eigenvalue weighted by molar-refractivity contribution is 0.0953. The van der Waals surface area contributed by atoms with Crippen LogP contribution in [0.4, 0.5) is 0 Å². The third-order valence-electron chi connectivity index (χ3n) is 4.12. The molecule has 2 aromatic rings. The van der Waals surface area contributed by atoms with E-state index in [1.807, 2.05) is 43.3 Å². The Morgan fingerprint density at radius 3 is 2.50 bits per heavy atom. The highest BCUT2D eigenvalue weighted by Gasteiger charge is 2.06. The molecule has 2 rings (SSSR count). The molecule has 0 aromatic heterocycles. The second kappa shape index (κ2) is 10.2. The van der Waals surface area contributed by atoms with Crippen LogP contribution in [0, 0.1) is 6.92 Å². The minimum Gasteiger partial charge on any atom is -0.352 e. The number of aryl methyl sites for hydroxylation is 1. The van der Waals surface area contributed by atoms with Gasteiger partial charge in [-0.2, -0.15) is 0 Å². The van der Waals surface area contributed by atoms with Crippen molar-refractivity contribution < 1.29 is 4.79 Å². The number of hydrogen-bond donors (Lipinski definition) is 3. The summed E-state index contributed by atoms with van der Waals surface area (Å²) in [4.78, 5) is 16.3. The number of hydrogen-bond acceptors (Lipinski definition) is 2. The van der Waals surface area contributed by atoms with E-state index in [0.717, 1.165) is 17.9 Å². The first-order chi connectivity index (χ1) is 12.6. The van der Waals surface area contributed by atoms with Gasteiger partial charge in [-0.25, -0.2) is 0 Å². The highest BCUT2D eigenvalue weighted by atomic mass is 16.1. The molecular weight excluding hydrogens is 324 g/mol. The van der Waals surface area contributed by atoms with Crippen LogP contribution in [-0.4, -0.2) is 25.5 Å². The number of amides is 1. The number of aliphatic imine (C=N–C) groups is 1. The van der Waals surface area contributed by atoms with Crippen LogP contribution in [-0.2, 0) is 13.1 Å². The Hall–Kier alpha value is -2.82. The van der Waals surface area contributed by atoms with Gasteiger partial charge >= 0.3 is 0 Å². The van der Waals surface area contributed by atoms with Crippen LogP contribution in [0.3, 0.4) is 0 Å². The van der Waals surface area contributed by atoms with E-state index >= 15 is 0 Å². The molecule has 5 nitrogen and oxygen atoms in total. The normalized spacial score (nSPS) is 11.1. The summed E-state index contributed by atoms with van der Waals surface area (Å²) in [5.74, 6) is 0.699. The Balaban J connectivity index is 1.90. The fourth-order valence-corrected chi connectivity index (χ4v) is 2.56. The van der Waals surface area contributed by atoms with E-state index in [0.29, 0.717) is 25.2 Å². The van der Waals surface area contributed by atoms with Crippen LogP contribution < -0.4 is 16.0 Å². The highest BCUT2D eigenvalue weighted by Crippen LogP contribution is 2.07. The molecule has 2 aromatic carbocycles. The molecule has 3 N–H and O–H groups in total. The van der Waals surface area contributed by atoms with Gasteiger partial charge in [0.15, 0.2) is 5.96 Å². The predicted octanol–water partition coefficient (Wildman–Crippen LogP) is 3.00. The maximum Gasteiger partial charge on any atom is 0.251 e. The topological polar surface area (TPSA) is 65.5 Å². The zero-order valence-electron chi connectivity index (χ0n) is 15.8. The zero-order valence-corrected chi connectivity index (χ0v) is 15.8. The number of nitrogens with one attached hydrogen (secondary N) is 3. The Morgan fingerprint density at radius 1 is 1.00 bits per heavy atom. The van der Waals surface area contributed by atoms with E-state index in [4.69, 9.17) is 0 Å². The van der Waals surface area contributed by atoms with Crippen molar-refractivity contribution in [2.24, 2.45) is 4.99 Å². The number of guanidine groups is 1. The number of carbonyl (C=O) groups excluding carboxylic acids is 1. The Kier molecular flexibility index (Phi) is 7.68. The molecule has 26 heavy (non-hydrogen) atoms. The van der Waals surface area contributed by atoms with Gasteiger partial charge < -0.3 is 16.0 Å². The van der Waals surface area contributed by atoms with Gasteiger partial charge in [-0.1, -0.05) is 43.3 Å². The first-order valence-corrected chi connectivity index (χ1v) is 9.00. The summed E-state index contributed by atoms with van der Waals surface area (Å²) in [6.07, 6.45) is 0.926. The van der Waals surface area contributed by atoms with Crippen LogP contribution in [0.25, 0.3) is 0 Å². The predicted molar refractivity (Wildman–Crippen MR) is 107 cm³/mol. The number of rotatable bonds is 7. The molecule has 0 fully saturated rings. The van der Waals surface area contributed by atoms with E-state index in [1.54, 1.807) is 7.05 Å². The molecule has 5 heteroatoms. The molecule has 0 saturated heterocycles. The van der Waals surface area contributed by atoms with Crippen LogP contribution in [0.15, 0.2) is 53.5 Å². The second-order valence-electron chi connectivity index (χ2n) is 6.16. The first kappa shape index (κ1) is 19.5. The van der Waals surface area contributed by atoms with Crippen molar-refractivity contribution in [3.8, 4) is 0 Å². The van der Waals surface area contributed by atoms with Gasteiger partial charge in [-0.3, -0.25) is 9.79 Å². The van der Waals surface area contributed by atoms with E-state index in [9.17, 15) is 4.79 Å². The third-order valence-corrected chi connectivity index (χ3v) is 4.12.